The number of imidazole rings is 1. The highest BCUT2D eigenvalue weighted by molar-refractivity contribution is 6.29. The normalized spacial score (nSPS) is 15.3. The fourth-order valence-electron chi connectivity index (χ4n) is 4.61. The first-order chi connectivity index (χ1) is 17.7. The molecule has 182 valence electrons. The molecule has 0 radical (unpaired) electrons. The summed E-state index contributed by atoms with van der Waals surface area (Å²) in [6.07, 6.45) is 9.84. The number of methoxy groups -OCH3 is 1. The standard InChI is InChI=1S/C25H24ClN9O/c1-36-22-12-18(7-10-21(22)33-13-23(26)28-16-33)30-25-31-24-20(4-2-3-11-34(24)32-25)17-5-8-19(9-6-17)35-15-27-14-29-35/h5-10,12-16,20H,2-4,11H2,1H3,(H,30,32). The van der Waals surface area contributed by atoms with Crippen LogP contribution >= 0.6 is 11.6 Å². The Morgan fingerprint density at radius 3 is 2.72 bits per heavy atom. The van der Waals surface area contributed by atoms with E-state index in [1.807, 2.05) is 27.4 Å². The molecule has 0 bridgehead atoms. The molecule has 6 rings (SSSR count). The van der Waals surface area contributed by atoms with E-state index in [0.717, 1.165) is 48.7 Å². The van der Waals surface area contributed by atoms with Crippen molar-refractivity contribution < 1.29 is 4.74 Å². The number of benzene rings is 2. The molecule has 1 aliphatic rings. The van der Waals surface area contributed by atoms with Crippen molar-refractivity contribution >= 4 is 23.2 Å². The third-order valence-electron chi connectivity index (χ3n) is 6.37. The Balaban J connectivity index is 1.26. The van der Waals surface area contributed by atoms with Crippen LogP contribution in [0.5, 0.6) is 5.75 Å². The van der Waals surface area contributed by atoms with Crippen molar-refractivity contribution in [2.24, 2.45) is 0 Å². The number of nitrogens with one attached hydrogen (secondary N) is 1. The summed E-state index contributed by atoms with van der Waals surface area (Å²) < 4.78 is 11.2. The number of aromatic nitrogens is 8. The second kappa shape index (κ2) is 9.46. The van der Waals surface area contributed by atoms with E-state index in [4.69, 9.17) is 26.4 Å². The van der Waals surface area contributed by atoms with Gasteiger partial charge in [0.25, 0.3) is 0 Å². The number of aryl methyl sites for hydroxylation is 1. The Morgan fingerprint density at radius 1 is 1.08 bits per heavy atom. The van der Waals surface area contributed by atoms with Crippen LogP contribution in [0.4, 0.5) is 11.6 Å². The van der Waals surface area contributed by atoms with E-state index in [1.54, 1.807) is 30.6 Å². The van der Waals surface area contributed by atoms with Crippen molar-refractivity contribution in [1.29, 1.82) is 0 Å². The smallest absolute Gasteiger partial charge is 0.246 e. The van der Waals surface area contributed by atoms with E-state index in [1.165, 1.54) is 11.9 Å². The molecule has 1 atom stereocenters. The van der Waals surface area contributed by atoms with E-state index < -0.39 is 0 Å². The summed E-state index contributed by atoms with van der Waals surface area (Å²) in [5.74, 6) is 2.39. The maximum Gasteiger partial charge on any atom is 0.246 e. The molecule has 1 unspecified atom stereocenters. The average Bonchev–Trinajstić information content (AvgIpc) is 3.64. The predicted octanol–water partition coefficient (Wildman–Crippen LogP) is 4.77. The van der Waals surface area contributed by atoms with E-state index in [-0.39, 0.29) is 5.92 Å². The maximum absolute atomic E-state index is 5.98. The van der Waals surface area contributed by atoms with Crippen LogP contribution in [0.3, 0.4) is 0 Å². The first-order valence-corrected chi connectivity index (χ1v) is 12.1. The van der Waals surface area contributed by atoms with Crippen molar-refractivity contribution in [2.45, 2.75) is 31.7 Å². The lowest BCUT2D eigenvalue weighted by molar-refractivity contribution is 0.413. The summed E-state index contributed by atoms with van der Waals surface area (Å²) in [6, 6.07) is 14.2. The van der Waals surface area contributed by atoms with Crippen molar-refractivity contribution in [2.75, 3.05) is 12.4 Å². The lowest BCUT2D eigenvalue weighted by Gasteiger charge is -2.14. The molecule has 0 spiro atoms. The number of fused-ring (bicyclic) bond motifs is 1. The molecule has 0 amide bonds. The molecule has 0 fully saturated rings. The van der Waals surface area contributed by atoms with Crippen molar-refractivity contribution in [3.63, 3.8) is 0 Å². The van der Waals surface area contributed by atoms with Crippen LogP contribution in [-0.2, 0) is 6.54 Å². The quantitative estimate of drug-likeness (QED) is 0.358. The average molecular weight is 502 g/mol. The highest BCUT2D eigenvalue weighted by Crippen LogP contribution is 2.34. The third-order valence-corrected chi connectivity index (χ3v) is 6.56. The van der Waals surface area contributed by atoms with Gasteiger partial charge in [-0.15, -0.1) is 5.10 Å². The van der Waals surface area contributed by atoms with Crippen LogP contribution < -0.4 is 10.1 Å². The lowest BCUT2D eigenvalue weighted by atomic mass is 9.93. The van der Waals surface area contributed by atoms with Crippen molar-refractivity contribution in [3.05, 3.63) is 84.2 Å². The minimum absolute atomic E-state index is 0.170. The maximum atomic E-state index is 5.98. The number of ether oxygens (including phenoxy) is 1. The highest BCUT2D eigenvalue weighted by Gasteiger charge is 2.25. The number of anilines is 2. The molecule has 11 heteroatoms. The van der Waals surface area contributed by atoms with Crippen LogP contribution in [-0.4, -0.2) is 46.2 Å². The van der Waals surface area contributed by atoms with Gasteiger partial charge in [-0.25, -0.2) is 19.3 Å². The Labute approximate surface area is 212 Å². The number of rotatable bonds is 6. The zero-order chi connectivity index (χ0) is 24.5. The fourth-order valence-corrected chi connectivity index (χ4v) is 4.76. The van der Waals surface area contributed by atoms with Gasteiger partial charge in [-0.2, -0.15) is 10.1 Å². The summed E-state index contributed by atoms with van der Waals surface area (Å²) in [5.41, 5.74) is 3.86. The van der Waals surface area contributed by atoms with Crippen LogP contribution in [0.1, 0.15) is 36.6 Å². The molecule has 4 heterocycles. The first kappa shape index (κ1) is 22.3. The summed E-state index contributed by atoms with van der Waals surface area (Å²) >= 11 is 5.98. The van der Waals surface area contributed by atoms with E-state index in [2.05, 4.69) is 44.6 Å². The third kappa shape index (κ3) is 4.31. The van der Waals surface area contributed by atoms with Gasteiger partial charge in [0, 0.05) is 30.4 Å². The van der Waals surface area contributed by atoms with Crippen LogP contribution in [0.25, 0.3) is 11.4 Å². The van der Waals surface area contributed by atoms with Crippen LogP contribution in [0.2, 0.25) is 5.15 Å². The topological polar surface area (TPSA) is 100 Å². The molecule has 10 nitrogen and oxygen atoms in total. The van der Waals surface area contributed by atoms with Crippen molar-refractivity contribution in [3.8, 4) is 17.1 Å². The molecule has 0 saturated carbocycles. The highest BCUT2D eigenvalue weighted by atomic mass is 35.5. The fraction of sp³-hybridized carbons (Fsp3) is 0.240. The summed E-state index contributed by atoms with van der Waals surface area (Å²) in [7, 11) is 1.64. The lowest BCUT2D eigenvalue weighted by Crippen LogP contribution is -2.08. The number of hydrogen-bond acceptors (Lipinski definition) is 7. The molecule has 0 aliphatic carbocycles. The molecule has 36 heavy (non-hydrogen) atoms. The Bertz CT molecular complexity index is 1470. The van der Waals surface area contributed by atoms with Gasteiger partial charge in [0.05, 0.1) is 18.5 Å². The number of halogens is 1. The van der Waals surface area contributed by atoms with Gasteiger partial charge >= 0.3 is 0 Å². The number of nitrogens with zero attached hydrogens (tertiary/aromatic N) is 8. The molecular weight excluding hydrogens is 478 g/mol. The molecule has 0 saturated heterocycles. The van der Waals surface area contributed by atoms with Gasteiger partial charge in [-0.1, -0.05) is 30.2 Å². The van der Waals surface area contributed by atoms with E-state index in [9.17, 15) is 0 Å². The largest absolute Gasteiger partial charge is 0.494 e. The molecule has 1 aliphatic heterocycles. The second-order valence-corrected chi connectivity index (χ2v) is 9.00. The van der Waals surface area contributed by atoms with Crippen molar-refractivity contribution in [1.82, 2.24) is 39.1 Å². The first-order valence-electron chi connectivity index (χ1n) is 11.7. The minimum Gasteiger partial charge on any atom is -0.494 e. The predicted molar refractivity (Wildman–Crippen MR) is 135 cm³/mol. The second-order valence-electron chi connectivity index (χ2n) is 8.61. The van der Waals surface area contributed by atoms with E-state index >= 15 is 0 Å². The Kier molecular flexibility index (Phi) is 5.86. The zero-order valence-corrected chi connectivity index (χ0v) is 20.4. The van der Waals surface area contributed by atoms with Gasteiger partial charge in [0.1, 0.15) is 35.7 Å². The molecular formula is C25H24ClN9O. The summed E-state index contributed by atoms with van der Waals surface area (Å²) in [5, 5.41) is 12.8. The van der Waals surface area contributed by atoms with Crippen LogP contribution in [0, 0.1) is 0 Å². The van der Waals surface area contributed by atoms with E-state index in [0.29, 0.717) is 16.9 Å². The van der Waals surface area contributed by atoms with Gasteiger partial charge in [-0.3, -0.25) is 0 Å². The molecule has 5 aromatic rings. The SMILES string of the molecule is COc1cc(Nc2nc3n(n2)CCCCC3c2ccc(-n3cncn3)cc2)ccc1-n1cnc(Cl)c1. The summed E-state index contributed by atoms with van der Waals surface area (Å²) in [6.45, 7) is 0.848. The van der Waals surface area contributed by atoms with Gasteiger partial charge in [0.15, 0.2) is 0 Å². The Hall–Kier alpha value is -4.18. The van der Waals surface area contributed by atoms with Gasteiger partial charge < -0.3 is 14.6 Å². The Morgan fingerprint density at radius 2 is 1.97 bits per heavy atom. The van der Waals surface area contributed by atoms with Gasteiger partial charge in [-0.05, 0) is 42.7 Å². The number of hydrogen-bond donors (Lipinski definition) is 1. The molecule has 3 aromatic heterocycles. The molecule has 1 N–H and O–H groups in total. The van der Waals surface area contributed by atoms with Crippen LogP contribution in [0.15, 0.2) is 67.6 Å². The summed E-state index contributed by atoms with van der Waals surface area (Å²) in [4.78, 5) is 13.0. The zero-order valence-electron chi connectivity index (χ0n) is 19.6. The molecule has 2 aromatic carbocycles. The van der Waals surface area contributed by atoms with Gasteiger partial charge in [0.2, 0.25) is 5.95 Å². The minimum atomic E-state index is 0.170. The monoisotopic (exact) mass is 501 g/mol.